The van der Waals surface area contributed by atoms with E-state index >= 15 is 0 Å². The number of guanidine groups is 1. The Bertz CT molecular complexity index is 1390. The first kappa shape index (κ1) is 25.7. The fraction of sp³-hybridized carbons (Fsp3) is 0.292. The SMILES string of the molecule is COC1C(=O)N(C)C(N)=NC1(C)c1cc(-c2ccc(F)c(C#N)c2)cs1.Cc1nc(=O)ccn1C. The molecule has 0 saturated carbocycles. The molecule has 11 heteroatoms. The average Bonchev–Trinajstić information content (AvgIpc) is 3.32. The van der Waals surface area contributed by atoms with Crippen LogP contribution in [0, 0.1) is 24.1 Å². The lowest BCUT2D eigenvalue weighted by Gasteiger charge is -2.38. The summed E-state index contributed by atoms with van der Waals surface area (Å²) in [6.07, 6.45) is 0.888. The second-order valence-corrected chi connectivity index (χ2v) is 8.97. The second-order valence-electron chi connectivity index (χ2n) is 8.06. The molecule has 2 unspecified atom stereocenters. The minimum Gasteiger partial charge on any atom is -0.369 e. The highest BCUT2D eigenvalue weighted by atomic mass is 32.1. The van der Waals surface area contributed by atoms with E-state index in [1.165, 1.54) is 41.5 Å². The summed E-state index contributed by atoms with van der Waals surface area (Å²) >= 11 is 1.40. The number of hydrogen-bond acceptors (Lipinski definition) is 8. The highest BCUT2D eigenvalue weighted by molar-refractivity contribution is 7.10. The Morgan fingerprint density at radius 1 is 1.23 bits per heavy atom. The Kier molecular flexibility index (Phi) is 7.48. The lowest BCUT2D eigenvalue weighted by molar-refractivity contribution is -0.142. The number of benzene rings is 1. The van der Waals surface area contributed by atoms with Crippen LogP contribution in [0.3, 0.4) is 0 Å². The summed E-state index contributed by atoms with van der Waals surface area (Å²) in [5.74, 6) is 0.0270. The molecule has 182 valence electrons. The van der Waals surface area contributed by atoms with Gasteiger partial charge >= 0.3 is 0 Å². The maximum Gasteiger partial charge on any atom is 0.272 e. The van der Waals surface area contributed by atoms with Crippen molar-refractivity contribution in [3.8, 4) is 17.2 Å². The summed E-state index contributed by atoms with van der Waals surface area (Å²) in [5.41, 5.74) is 6.24. The van der Waals surface area contributed by atoms with Crippen LogP contribution in [0.2, 0.25) is 0 Å². The quantitative estimate of drug-likeness (QED) is 0.594. The van der Waals surface area contributed by atoms with Crippen LogP contribution in [0.1, 0.15) is 23.2 Å². The zero-order valence-electron chi connectivity index (χ0n) is 19.9. The zero-order chi connectivity index (χ0) is 25.9. The number of aryl methyl sites for hydroxylation is 2. The summed E-state index contributed by atoms with van der Waals surface area (Å²) in [6, 6.07) is 9.50. The average molecular weight is 497 g/mol. The number of nitriles is 1. The number of aromatic nitrogens is 2. The number of methoxy groups -OCH3 is 1. The number of aliphatic imine (C=N–C) groups is 1. The van der Waals surface area contributed by atoms with Crippen LogP contribution in [0.4, 0.5) is 4.39 Å². The molecule has 9 nitrogen and oxygen atoms in total. The Morgan fingerprint density at radius 2 is 1.94 bits per heavy atom. The first-order valence-corrected chi connectivity index (χ1v) is 11.3. The van der Waals surface area contributed by atoms with E-state index in [0.717, 1.165) is 16.3 Å². The molecule has 1 aliphatic heterocycles. The number of ether oxygens (including phenoxy) is 1. The molecule has 3 aromatic rings. The monoisotopic (exact) mass is 496 g/mol. The normalized spacial score (nSPS) is 19.5. The molecule has 3 heterocycles. The molecular formula is C24H25FN6O3S. The third kappa shape index (κ3) is 5.13. The van der Waals surface area contributed by atoms with Crippen molar-refractivity contribution >= 4 is 23.2 Å². The third-order valence-corrected chi connectivity index (χ3v) is 6.89. The third-order valence-electron chi connectivity index (χ3n) is 5.73. The van der Waals surface area contributed by atoms with Crippen LogP contribution in [-0.2, 0) is 22.1 Å². The Balaban J connectivity index is 0.000000320. The van der Waals surface area contributed by atoms with Gasteiger partial charge in [0.05, 0.1) is 5.56 Å². The molecule has 2 aromatic heterocycles. The van der Waals surface area contributed by atoms with E-state index in [4.69, 9.17) is 15.7 Å². The number of hydrogen-bond donors (Lipinski definition) is 1. The van der Waals surface area contributed by atoms with Crippen LogP contribution in [0.5, 0.6) is 0 Å². The predicted octanol–water partition coefficient (Wildman–Crippen LogP) is 2.53. The van der Waals surface area contributed by atoms with Gasteiger partial charge in [0.25, 0.3) is 11.5 Å². The van der Waals surface area contributed by atoms with E-state index in [-0.39, 0.29) is 23.0 Å². The van der Waals surface area contributed by atoms with E-state index < -0.39 is 17.5 Å². The maximum atomic E-state index is 13.6. The molecule has 1 aliphatic rings. The first-order chi connectivity index (χ1) is 16.5. The molecule has 35 heavy (non-hydrogen) atoms. The number of amides is 1. The van der Waals surface area contributed by atoms with Gasteiger partial charge in [0.15, 0.2) is 12.1 Å². The fourth-order valence-corrected chi connectivity index (χ4v) is 4.56. The van der Waals surface area contributed by atoms with Crippen LogP contribution in [0.25, 0.3) is 11.1 Å². The van der Waals surface area contributed by atoms with E-state index in [9.17, 15) is 14.0 Å². The fourth-order valence-electron chi connectivity index (χ4n) is 3.52. The van der Waals surface area contributed by atoms with E-state index in [2.05, 4.69) is 9.98 Å². The van der Waals surface area contributed by atoms with Gasteiger partial charge in [-0.1, -0.05) is 6.07 Å². The highest BCUT2D eigenvalue weighted by Crippen LogP contribution is 2.40. The van der Waals surface area contributed by atoms with E-state index in [1.807, 2.05) is 24.6 Å². The molecule has 0 fully saturated rings. The van der Waals surface area contributed by atoms with Gasteiger partial charge in [-0.25, -0.2) is 9.38 Å². The maximum absolute atomic E-state index is 13.6. The Labute approximate surface area is 205 Å². The molecule has 2 atom stereocenters. The predicted molar refractivity (Wildman–Crippen MR) is 131 cm³/mol. The molecule has 0 aliphatic carbocycles. The Hall–Kier alpha value is -3.88. The highest BCUT2D eigenvalue weighted by Gasteiger charge is 2.47. The summed E-state index contributed by atoms with van der Waals surface area (Å²) in [6.45, 7) is 3.58. The molecule has 0 spiro atoms. The van der Waals surface area contributed by atoms with Gasteiger partial charge in [-0.15, -0.1) is 11.3 Å². The largest absolute Gasteiger partial charge is 0.369 e. The van der Waals surface area contributed by atoms with Crippen molar-refractivity contribution in [2.45, 2.75) is 25.5 Å². The molecule has 2 N–H and O–H groups in total. The molecular weight excluding hydrogens is 471 g/mol. The lowest BCUT2D eigenvalue weighted by atomic mass is 9.90. The number of nitrogens with zero attached hydrogens (tertiary/aromatic N) is 5. The first-order valence-electron chi connectivity index (χ1n) is 10.5. The summed E-state index contributed by atoms with van der Waals surface area (Å²) in [5, 5.41) is 10.9. The van der Waals surface area contributed by atoms with E-state index in [0.29, 0.717) is 5.56 Å². The minimum atomic E-state index is -0.969. The lowest BCUT2D eigenvalue weighted by Crippen LogP contribution is -2.57. The molecule has 1 aromatic carbocycles. The number of nitrogens with two attached hydrogens (primary N) is 1. The van der Waals surface area contributed by atoms with Crippen molar-refractivity contribution in [2.75, 3.05) is 14.2 Å². The summed E-state index contributed by atoms with van der Waals surface area (Å²) in [4.78, 5) is 33.3. The van der Waals surface area contributed by atoms with Crippen molar-refractivity contribution < 1.29 is 13.9 Å². The van der Waals surface area contributed by atoms with Crippen LogP contribution >= 0.6 is 11.3 Å². The summed E-state index contributed by atoms with van der Waals surface area (Å²) < 4.78 is 20.8. The van der Waals surface area contributed by atoms with E-state index in [1.54, 1.807) is 37.7 Å². The second kappa shape index (κ2) is 10.2. The van der Waals surface area contributed by atoms with Gasteiger partial charge in [0, 0.05) is 38.3 Å². The standard InChI is InChI=1S/C18H17FN4O2S.C6H8N2O/c1-18(15(25-3)16(24)23(2)17(21)22-18)14-7-12(9-26-14)10-4-5-13(19)11(6-10)8-20;1-5-7-6(9)3-4-8(5)2/h4-7,9,15H,1-3H3,(H2,21,22);3-4H,1-2H3. The number of thiophene rings is 1. The van der Waals surface area contributed by atoms with Gasteiger partial charge in [-0.3, -0.25) is 14.5 Å². The molecule has 4 rings (SSSR count). The van der Waals surface area contributed by atoms with Gasteiger partial charge in [-0.05, 0) is 48.6 Å². The number of halogens is 1. The molecule has 1 amide bonds. The van der Waals surface area contributed by atoms with Crippen LogP contribution < -0.4 is 11.3 Å². The summed E-state index contributed by atoms with van der Waals surface area (Å²) in [7, 11) is 4.86. The Morgan fingerprint density at radius 3 is 2.54 bits per heavy atom. The molecule has 0 bridgehead atoms. The van der Waals surface area contributed by atoms with Gasteiger partial charge < -0.3 is 15.0 Å². The van der Waals surface area contributed by atoms with Crippen LogP contribution in [-0.4, -0.2) is 46.6 Å². The molecule has 0 saturated heterocycles. The smallest absolute Gasteiger partial charge is 0.272 e. The number of likely N-dealkylation sites (N-methyl/N-ethyl adjacent to an activating group) is 1. The molecule has 0 radical (unpaired) electrons. The van der Waals surface area contributed by atoms with Crippen molar-refractivity contribution in [1.82, 2.24) is 14.5 Å². The number of carbonyl (C=O) groups excluding carboxylic acids is 1. The zero-order valence-corrected chi connectivity index (χ0v) is 20.8. The van der Waals surface area contributed by atoms with Crippen molar-refractivity contribution in [2.24, 2.45) is 17.8 Å². The van der Waals surface area contributed by atoms with Crippen molar-refractivity contribution in [3.63, 3.8) is 0 Å². The van der Waals surface area contributed by atoms with Crippen LogP contribution in [0.15, 0.2) is 51.7 Å². The number of rotatable bonds is 3. The van der Waals surface area contributed by atoms with Crippen molar-refractivity contribution in [1.29, 1.82) is 5.26 Å². The minimum absolute atomic E-state index is 0.0204. The topological polar surface area (TPSA) is 127 Å². The van der Waals surface area contributed by atoms with Gasteiger partial charge in [0.1, 0.15) is 23.2 Å². The van der Waals surface area contributed by atoms with Gasteiger partial charge in [0.2, 0.25) is 0 Å². The van der Waals surface area contributed by atoms with Gasteiger partial charge in [-0.2, -0.15) is 10.2 Å². The number of carbonyl (C=O) groups is 1. The van der Waals surface area contributed by atoms with Crippen molar-refractivity contribution in [3.05, 3.63) is 74.3 Å².